The first-order chi connectivity index (χ1) is 10.1. The second-order valence-electron chi connectivity index (χ2n) is 6.42. The maximum Gasteiger partial charge on any atom is 0.125 e. The van der Waals surface area contributed by atoms with Gasteiger partial charge in [-0.05, 0) is 44.9 Å². The topological polar surface area (TPSA) is 32.7 Å². The van der Waals surface area contributed by atoms with E-state index in [2.05, 4.69) is 11.9 Å². The van der Waals surface area contributed by atoms with Crippen LogP contribution in [-0.2, 0) is 0 Å². The van der Waals surface area contributed by atoms with Crippen molar-refractivity contribution in [2.24, 2.45) is 0 Å². The Balaban J connectivity index is 1.80. The molecule has 1 aromatic rings. The highest BCUT2D eigenvalue weighted by atomic mass is 16.5. The third kappa shape index (κ3) is 4.72. The number of nitrogens with zero attached hydrogens (tertiary/aromatic N) is 1. The molecule has 0 radical (unpaired) electrons. The van der Waals surface area contributed by atoms with Crippen molar-refractivity contribution in [1.29, 1.82) is 0 Å². The standard InChI is InChI=1S/C18H29NO2/c1-14-8-7-9-15(2)18(14)21-13-17(20)12-19(3)16-10-5-4-6-11-16/h7-9,16-17,20H,4-6,10-13H2,1-3H3/t17-/m1/s1. The second-order valence-corrected chi connectivity index (χ2v) is 6.42. The van der Waals surface area contributed by atoms with Crippen molar-refractivity contribution < 1.29 is 9.84 Å². The Morgan fingerprint density at radius 2 is 1.81 bits per heavy atom. The first-order valence-electron chi connectivity index (χ1n) is 8.15. The third-order valence-electron chi connectivity index (χ3n) is 4.53. The van der Waals surface area contributed by atoms with Gasteiger partial charge in [0.25, 0.3) is 0 Å². The first-order valence-corrected chi connectivity index (χ1v) is 8.15. The molecule has 3 nitrogen and oxygen atoms in total. The van der Waals surface area contributed by atoms with Crippen LogP contribution in [0.3, 0.4) is 0 Å². The minimum Gasteiger partial charge on any atom is -0.490 e. The van der Waals surface area contributed by atoms with E-state index in [0.29, 0.717) is 19.2 Å². The van der Waals surface area contributed by atoms with Crippen molar-refractivity contribution in [2.45, 2.75) is 58.1 Å². The summed E-state index contributed by atoms with van der Waals surface area (Å²) in [5.41, 5.74) is 2.26. The quantitative estimate of drug-likeness (QED) is 0.873. The summed E-state index contributed by atoms with van der Waals surface area (Å²) in [5.74, 6) is 0.914. The number of aliphatic hydroxyl groups excluding tert-OH is 1. The summed E-state index contributed by atoms with van der Waals surface area (Å²) in [5, 5.41) is 10.2. The smallest absolute Gasteiger partial charge is 0.125 e. The van der Waals surface area contributed by atoms with Gasteiger partial charge in [0.15, 0.2) is 0 Å². The predicted octanol–water partition coefficient (Wildman–Crippen LogP) is 3.31. The molecular formula is C18H29NO2. The lowest BCUT2D eigenvalue weighted by molar-refractivity contribution is 0.0558. The van der Waals surface area contributed by atoms with E-state index in [9.17, 15) is 5.11 Å². The Bertz CT molecular complexity index is 421. The van der Waals surface area contributed by atoms with E-state index in [1.54, 1.807) is 0 Å². The van der Waals surface area contributed by atoms with Gasteiger partial charge in [-0.25, -0.2) is 0 Å². The molecule has 0 amide bonds. The van der Waals surface area contributed by atoms with E-state index >= 15 is 0 Å². The van der Waals surface area contributed by atoms with Gasteiger partial charge in [-0.3, -0.25) is 0 Å². The van der Waals surface area contributed by atoms with Crippen LogP contribution in [0.2, 0.25) is 0 Å². The minimum atomic E-state index is -0.434. The molecule has 0 saturated heterocycles. The Kier molecular flexibility index (Phi) is 6.07. The average Bonchev–Trinajstić information content (AvgIpc) is 2.47. The molecule has 118 valence electrons. The van der Waals surface area contributed by atoms with Gasteiger partial charge >= 0.3 is 0 Å². The fourth-order valence-electron chi connectivity index (χ4n) is 3.26. The number of hydrogen-bond donors (Lipinski definition) is 1. The van der Waals surface area contributed by atoms with Crippen LogP contribution < -0.4 is 4.74 Å². The van der Waals surface area contributed by atoms with E-state index < -0.39 is 6.10 Å². The molecule has 0 aliphatic heterocycles. The van der Waals surface area contributed by atoms with Crippen molar-refractivity contribution in [1.82, 2.24) is 4.90 Å². The van der Waals surface area contributed by atoms with Crippen LogP contribution in [0.25, 0.3) is 0 Å². The molecule has 0 unspecified atom stereocenters. The Morgan fingerprint density at radius 3 is 2.43 bits per heavy atom. The Hall–Kier alpha value is -1.06. The molecule has 1 saturated carbocycles. The van der Waals surface area contributed by atoms with Gasteiger partial charge in [0.2, 0.25) is 0 Å². The average molecular weight is 291 g/mol. The van der Waals surface area contributed by atoms with Crippen LogP contribution in [0.15, 0.2) is 18.2 Å². The van der Waals surface area contributed by atoms with Gasteiger partial charge in [-0.1, -0.05) is 37.5 Å². The van der Waals surface area contributed by atoms with Gasteiger partial charge in [0.05, 0.1) is 0 Å². The first kappa shape index (κ1) is 16.3. The number of aliphatic hydroxyl groups is 1. The van der Waals surface area contributed by atoms with Crippen molar-refractivity contribution in [3.05, 3.63) is 29.3 Å². The van der Waals surface area contributed by atoms with Crippen molar-refractivity contribution in [2.75, 3.05) is 20.2 Å². The Morgan fingerprint density at radius 1 is 1.19 bits per heavy atom. The largest absolute Gasteiger partial charge is 0.490 e. The molecule has 1 aliphatic carbocycles. The Labute approximate surface area is 128 Å². The van der Waals surface area contributed by atoms with Crippen LogP contribution in [-0.4, -0.2) is 42.4 Å². The lowest BCUT2D eigenvalue weighted by Crippen LogP contribution is -2.40. The zero-order valence-corrected chi connectivity index (χ0v) is 13.6. The van der Waals surface area contributed by atoms with Gasteiger partial charge in [-0.2, -0.15) is 0 Å². The van der Waals surface area contributed by atoms with Gasteiger partial charge < -0.3 is 14.7 Å². The highest BCUT2D eigenvalue weighted by Crippen LogP contribution is 2.23. The number of aryl methyl sites for hydroxylation is 2. The molecule has 3 heteroatoms. The highest BCUT2D eigenvalue weighted by molar-refractivity contribution is 5.39. The number of hydrogen-bond acceptors (Lipinski definition) is 3. The lowest BCUT2D eigenvalue weighted by atomic mass is 9.94. The summed E-state index contributed by atoms with van der Waals surface area (Å²) < 4.78 is 5.84. The molecule has 0 heterocycles. The highest BCUT2D eigenvalue weighted by Gasteiger charge is 2.20. The summed E-state index contributed by atoms with van der Waals surface area (Å²) in [4.78, 5) is 2.30. The SMILES string of the molecule is Cc1cccc(C)c1OC[C@H](O)CN(C)C1CCCCC1. The molecule has 0 aromatic heterocycles. The minimum absolute atomic E-state index is 0.364. The zero-order chi connectivity index (χ0) is 15.2. The number of para-hydroxylation sites is 1. The molecule has 0 spiro atoms. The van der Waals surface area contributed by atoms with Crippen molar-refractivity contribution in [3.63, 3.8) is 0 Å². The number of ether oxygens (including phenoxy) is 1. The molecule has 1 N–H and O–H groups in total. The molecule has 21 heavy (non-hydrogen) atoms. The van der Waals surface area contributed by atoms with Gasteiger partial charge in [-0.15, -0.1) is 0 Å². The van der Waals surface area contributed by atoms with Crippen LogP contribution in [0.5, 0.6) is 5.75 Å². The van der Waals surface area contributed by atoms with Crippen LogP contribution in [0.4, 0.5) is 0 Å². The van der Waals surface area contributed by atoms with E-state index in [0.717, 1.165) is 16.9 Å². The summed E-state index contributed by atoms with van der Waals surface area (Å²) in [6.45, 7) is 5.14. The van der Waals surface area contributed by atoms with Crippen LogP contribution >= 0.6 is 0 Å². The fraction of sp³-hybridized carbons (Fsp3) is 0.667. The monoisotopic (exact) mass is 291 g/mol. The lowest BCUT2D eigenvalue weighted by Gasteiger charge is -2.32. The van der Waals surface area contributed by atoms with Crippen molar-refractivity contribution >= 4 is 0 Å². The predicted molar refractivity (Wildman–Crippen MR) is 86.9 cm³/mol. The molecule has 1 fully saturated rings. The van der Waals surface area contributed by atoms with Gasteiger partial charge in [0.1, 0.15) is 18.5 Å². The molecule has 2 rings (SSSR count). The van der Waals surface area contributed by atoms with Gasteiger partial charge in [0, 0.05) is 12.6 Å². The van der Waals surface area contributed by atoms with E-state index in [1.165, 1.54) is 32.1 Å². The maximum atomic E-state index is 10.2. The second kappa shape index (κ2) is 7.81. The third-order valence-corrected chi connectivity index (χ3v) is 4.53. The van der Waals surface area contributed by atoms with Crippen LogP contribution in [0, 0.1) is 13.8 Å². The normalized spacial score (nSPS) is 18.0. The summed E-state index contributed by atoms with van der Waals surface area (Å²) in [6, 6.07) is 6.75. The fourth-order valence-corrected chi connectivity index (χ4v) is 3.26. The molecule has 1 aliphatic rings. The van der Waals surface area contributed by atoms with E-state index in [1.807, 2.05) is 32.0 Å². The summed E-state index contributed by atoms with van der Waals surface area (Å²) in [7, 11) is 2.12. The van der Waals surface area contributed by atoms with E-state index in [4.69, 9.17) is 4.74 Å². The molecule has 1 aromatic carbocycles. The summed E-state index contributed by atoms with van der Waals surface area (Å²) in [6.07, 6.45) is 6.11. The number of benzene rings is 1. The molecule has 0 bridgehead atoms. The van der Waals surface area contributed by atoms with Crippen LogP contribution in [0.1, 0.15) is 43.2 Å². The number of rotatable bonds is 6. The maximum absolute atomic E-state index is 10.2. The summed E-state index contributed by atoms with van der Waals surface area (Å²) >= 11 is 0. The van der Waals surface area contributed by atoms with E-state index in [-0.39, 0.29) is 0 Å². The molecular weight excluding hydrogens is 262 g/mol. The zero-order valence-electron chi connectivity index (χ0n) is 13.6. The van der Waals surface area contributed by atoms with Crippen molar-refractivity contribution in [3.8, 4) is 5.75 Å². The number of likely N-dealkylation sites (N-methyl/N-ethyl adjacent to an activating group) is 1. The molecule has 1 atom stereocenters.